The van der Waals surface area contributed by atoms with Gasteiger partial charge in [0.1, 0.15) is 11.5 Å². The number of anilines is 2. The molecule has 0 aliphatic carbocycles. The van der Waals surface area contributed by atoms with Gasteiger partial charge in [0.25, 0.3) is 0 Å². The fourth-order valence-electron chi connectivity index (χ4n) is 5.58. The Morgan fingerprint density at radius 2 is 1.14 bits per heavy atom. The van der Waals surface area contributed by atoms with Crippen molar-refractivity contribution >= 4 is 17.2 Å². The van der Waals surface area contributed by atoms with Crippen LogP contribution in [0.5, 0.6) is 11.5 Å². The molecular weight excluding hydrogens is 452 g/mol. The zero-order valence-corrected chi connectivity index (χ0v) is 19.5. The molecule has 2 unspecified atom stereocenters. The highest BCUT2D eigenvalue weighted by Crippen LogP contribution is 2.44. The molecule has 0 fully saturated rings. The maximum absolute atomic E-state index is 14.0. The van der Waals surface area contributed by atoms with E-state index in [0.717, 1.165) is 44.5 Å². The molecule has 4 aromatic rings. The highest BCUT2D eigenvalue weighted by atomic mass is 16.3. The lowest BCUT2D eigenvalue weighted by Gasteiger charge is -2.20. The molecule has 7 heteroatoms. The van der Waals surface area contributed by atoms with E-state index < -0.39 is 12.1 Å². The summed E-state index contributed by atoms with van der Waals surface area (Å²) < 4.78 is 0. The van der Waals surface area contributed by atoms with Gasteiger partial charge in [-0.15, -0.1) is 0 Å². The minimum atomic E-state index is -0.593. The summed E-state index contributed by atoms with van der Waals surface area (Å²) >= 11 is 0. The molecule has 0 radical (unpaired) electrons. The van der Waals surface area contributed by atoms with Gasteiger partial charge in [0.2, 0.25) is 0 Å². The average molecular weight is 479 g/mol. The standard InChI is InChI=1S/C29H26N4O3/c30-23-9-7-19(15-3-1-5-17(34)11-15)21-13-32-27(25(21)23)29(36)28-26-22(14-33-28)20(8-10-24(26)31)16-4-2-6-18(35)12-16/h1-12,27-28,32-35H,13-14,30-31H2. The van der Waals surface area contributed by atoms with Crippen LogP contribution in [0, 0.1) is 0 Å². The quantitative estimate of drug-likeness (QED) is 0.243. The predicted molar refractivity (Wildman–Crippen MR) is 140 cm³/mol. The molecule has 0 bridgehead atoms. The predicted octanol–water partition coefficient (Wildman–Crippen LogP) is 4.15. The van der Waals surface area contributed by atoms with Gasteiger partial charge in [0.05, 0.1) is 12.1 Å². The maximum atomic E-state index is 14.0. The van der Waals surface area contributed by atoms with E-state index in [0.29, 0.717) is 24.5 Å². The number of ketones is 1. The van der Waals surface area contributed by atoms with Crippen molar-refractivity contribution in [3.8, 4) is 33.8 Å². The van der Waals surface area contributed by atoms with Gasteiger partial charge >= 0.3 is 0 Å². The topological polar surface area (TPSA) is 134 Å². The number of Topliss-reactive ketones (excluding diaryl/α,β-unsaturated/α-hetero) is 1. The van der Waals surface area contributed by atoms with Crippen LogP contribution in [0.15, 0.2) is 72.8 Å². The minimum absolute atomic E-state index is 0.0491. The third-order valence-corrected chi connectivity index (χ3v) is 7.21. The second-order valence-electron chi connectivity index (χ2n) is 9.32. The molecule has 8 N–H and O–H groups in total. The van der Waals surface area contributed by atoms with Crippen LogP contribution in [0.25, 0.3) is 22.3 Å². The summed E-state index contributed by atoms with van der Waals surface area (Å²) in [4.78, 5) is 14.0. The Bertz CT molecular complexity index is 1420. The molecule has 180 valence electrons. The maximum Gasteiger partial charge on any atom is 0.175 e. The summed E-state index contributed by atoms with van der Waals surface area (Å²) in [5, 5.41) is 26.7. The van der Waals surface area contributed by atoms with Crippen molar-refractivity contribution in [2.45, 2.75) is 25.2 Å². The van der Waals surface area contributed by atoms with Crippen LogP contribution in [-0.4, -0.2) is 16.0 Å². The Kier molecular flexibility index (Phi) is 5.17. The van der Waals surface area contributed by atoms with Crippen LogP contribution < -0.4 is 22.1 Å². The molecule has 2 aliphatic heterocycles. The number of aromatic hydroxyl groups is 2. The normalized spacial score (nSPS) is 18.1. The third kappa shape index (κ3) is 3.48. The van der Waals surface area contributed by atoms with Gasteiger partial charge < -0.3 is 21.7 Å². The summed E-state index contributed by atoms with van der Waals surface area (Å²) in [5.41, 5.74) is 21.0. The van der Waals surface area contributed by atoms with E-state index in [9.17, 15) is 15.0 Å². The van der Waals surface area contributed by atoms with E-state index in [1.807, 2.05) is 36.4 Å². The zero-order chi connectivity index (χ0) is 25.0. The van der Waals surface area contributed by atoms with Gasteiger partial charge in [-0.3, -0.25) is 15.4 Å². The second kappa shape index (κ2) is 8.41. The molecular formula is C29H26N4O3. The summed E-state index contributed by atoms with van der Waals surface area (Å²) in [6.07, 6.45) is 0. The SMILES string of the molecule is Nc1ccc(-c2cccc(O)c2)c2c1C(C(=O)C1NCc3c(-c4cccc(O)c4)ccc(N)c31)NC2. The number of rotatable bonds is 4. The fourth-order valence-corrected chi connectivity index (χ4v) is 5.58. The molecule has 2 aliphatic rings. The van der Waals surface area contributed by atoms with E-state index in [1.165, 1.54) is 0 Å². The molecule has 36 heavy (non-hydrogen) atoms. The summed E-state index contributed by atoms with van der Waals surface area (Å²) in [7, 11) is 0. The largest absolute Gasteiger partial charge is 0.508 e. The van der Waals surface area contributed by atoms with Crippen molar-refractivity contribution in [2.75, 3.05) is 11.5 Å². The Labute approximate surface area is 208 Å². The highest BCUT2D eigenvalue weighted by molar-refractivity contribution is 5.97. The number of fused-ring (bicyclic) bond motifs is 2. The first-order valence-electron chi connectivity index (χ1n) is 11.8. The van der Waals surface area contributed by atoms with Crippen LogP contribution in [0.4, 0.5) is 11.4 Å². The van der Waals surface area contributed by atoms with Crippen LogP contribution >= 0.6 is 0 Å². The van der Waals surface area contributed by atoms with E-state index in [2.05, 4.69) is 10.6 Å². The molecule has 4 aromatic carbocycles. The number of carbonyl (C=O) groups excluding carboxylic acids is 1. The highest BCUT2D eigenvalue weighted by Gasteiger charge is 2.40. The molecule has 6 rings (SSSR count). The number of nitrogens with one attached hydrogen (secondary N) is 2. The van der Waals surface area contributed by atoms with E-state index in [4.69, 9.17) is 11.5 Å². The molecule has 0 amide bonds. The van der Waals surface area contributed by atoms with Gasteiger partial charge in [-0.1, -0.05) is 36.4 Å². The number of carbonyl (C=O) groups is 1. The monoisotopic (exact) mass is 478 g/mol. The average Bonchev–Trinajstić information content (AvgIpc) is 3.51. The molecule has 2 atom stereocenters. The second-order valence-corrected chi connectivity index (χ2v) is 9.32. The van der Waals surface area contributed by atoms with Crippen molar-refractivity contribution < 1.29 is 15.0 Å². The molecule has 0 saturated carbocycles. The summed E-state index contributed by atoms with van der Waals surface area (Å²) in [5.74, 6) is 0.315. The summed E-state index contributed by atoms with van der Waals surface area (Å²) in [6.45, 7) is 0.973. The number of hydrogen-bond donors (Lipinski definition) is 6. The zero-order valence-electron chi connectivity index (χ0n) is 19.5. The Balaban J connectivity index is 1.39. The fraction of sp³-hybridized carbons (Fsp3) is 0.138. The minimum Gasteiger partial charge on any atom is -0.508 e. The smallest absolute Gasteiger partial charge is 0.175 e. The Hall–Kier alpha value is -4.33. The van der Waals surface area contributed by atoms with Crippen molar-refractivity contribution in [3.05, 3.63) is 95.1 Å². The molecule has 0 aromatic heterocycles. The van der Waals surface area contributed by atoms with E-state index in [-0.39, 0.29) is 17.3 Å². The van der Waals surface area contributed by atoms with Crippen molar-refractivity contribution in [1.82, 2.24) is 10.6 Å². The van der Waals surface area contributed by atoms with E-state index >= 15 is 0 Å². The Morgan fingerprint density at radius 3 is 1.56 bits per heavy atom. The lowest BCUT2D eigenvalue weighted by atomic mass is 9.87. The first kappa shape index (κ1) is 22.2. The van der Waals surface area contributed by atoms with Gasteiger partial charge in [0, 0.05) is 35.6 Å². The van der Waals surface area contributed by atoms with Crippen LogP contribution in [0.3, 0.4) is 0 Å². The number of phenolic OH excluding ortho intramolecular Hbond substituents is 2. The number of hydrogen-bond acceptors (Lipinski definition) is 7. The number of nitrogen functional groups attached to an aromatic ring is 2. The third-order valence-electron chi connectivity index (χ3n) is 7.21. The number of benzene rings is 4. The molecule has 2 heterocycles. The van der Waals surface area contributed by atoms with Crippen molar-refractivity contribution in [2.24, 2.45) is 0 Å². The van der Waals surface area contributed by atoms with Gasteiger partial charge in [0.15, 0.2) is 5.78 Å². The lowest BCUT2D eigenvalue weighted by molar-refractivity contribution is -0.123. The first-order chi connectivity index (χ1) is 17.4. The molecule has 0 spiro atoms. The van der Waals surface area contributed by atoms with Crippen LogP contribution in [0.2, 0.25) is 0 Å². The molecule has 7 nitrogen and oxygen atoms in total. The van der Waals surface area contributed by atoms with E-state index in [1.54, 1.807) is 36.4 Å². The first-order valence-corrected chi connectivity index (χ1v) is 11.8. The van der Waals surface area contributed by atoms with Gasteiger partial charge in [-0.25, -0.2) is 0 Å². The number of nitrogens with two attached hydrogens (primary N) is 2. The molecule has 0 saturated heterocycles. The van der Waals surface area contributed by atoms with Gasteiger partial charge in [-0.2, -0.15) is 0 Å². The number of phenols is 2. The summed E-state index contributed by atoms with van der Waals surface area (Å²) in [6, 6.07) is 20.4. The van der Waals surface area contributed by atoms with Crippen molar-refractivity contribution in [3.63, 3.8) is 0 Å². The van der Waals surface area contributed by atoms with Crippen LogP contribution in [-0.2, 0) is 17.9 Å². The van der Waals surface area contributed by atoms with Crippen LogP contribution in [0.1, 0.15) is 34.3 Å². The van der Waals surface area contributed by atoms with Crippen molar-refractivity contribution in [1.29, 1.82) is 0 Å². The van der Waals surface area contributed by atoms with Gasteiger partial charge in [-0.05, 0) is 69.8 Å². The Morgan fingerprint density at radius 1 is 0.694 bits per heavy atom. The lowest BCUT2D eigenvalue weighted by Crippen LogP contribution is -2.32.